The van der Waals surface area contributed by atoms with Crippen molar-refractivity contribution in [2.75, 3.05) is 70.1 Å². The molecule has 0 spiro atoms. The second-order valence-corrected chi connectivity index (χ2v) is 12.1. The standard InChI is InChI=1S/C22H34Cl2N4O2S/c1-31(29,30)28-12-10-26(11-13-28)20-16-25(17-20)8-2-4-18-5-3-9-27(15-18)19-6-7-21(23)22(24)14-19/h6-7,14,18,20H,2-5,8-13,15-17H2,1H3. The summed E-state index contributed by atoms with van der Waals surface area (Å²) in [4.78, 5) is 7.47. The van der Waals surface area contributed by atoms with Gasteiger partial charge in [-0.25, -0.2) is 8.42 Å². The molecule has 9 heteroatoms. The van der Waals surface area contributed by atoms with Crippen molar-refractivity contribution in [3.05, 3.63) is 28.2 Å². The molecule has 3 fully saturated rings. The van der Waals surface area contributed by atoms with Crippen molar-refractivity contribution in [3.8, 4) is 0 Å². The van der Waals surface area contributed by atoms with Gasteiger partial charge in [0.15, 0.2) is 0 Å². The summed E-state index contributed by atoms with van der Waals surface area (Å²) in [5.41, 5.74) is 1.18. The molecule has 0 bridgehead atoms. The average molecular weight is 490 g/mol. The number of piperidine rings is 1. The van der Waals surface area contributed by atoms with Crippen LogP contribution in [0.15, 0.2) is 18.2 Å². The maximum Gasteiger partial charge on any atom is 0.211 e. The minimum absolute atomic E-state index is 0.599. The lowest BCUT2D eigenvalue weighted by Gasteiger charge is -2.48. The number of likely N-dealkylation sites (tertiary alicyclic amines) is 1. The minimum Gasteiger partial charge on any atom is -0.371 e. The van der Waals surface area contributed by atoms with Crippen LogP contribution in [0.1, 0.15) is 25.7 Å². The number of anilines is 1. The minimum atomic E-state index is -3.04. The number of sulfonamides is 1. The van der Waals surface area contributed by atoms with Crippen LogP contribution in [0.3, 0.4) is 0 Å². The van der Waals surface area contributed by atoms with Crippen molar-refractivity contribution in [3.63, 3.8) is 0 Å². The fourth-order valence-electron chi connectivity index (χ4n) is 5.18. The predicted molar refractivity (Wildman–Crippen MR) is 129 cm³/mol. The van der Waals surface area contributed by atoms with E-state index in [1.165, 1.54) is 44.2 Å². The lowest BCUT2D eigenvalue weighted by molar-refractivity contribution is 0.0159. The van der Waals surface area contributed by atoms with Gasteiger partial charge in [-0.05, 0) is 56.3 Å². The Balaban J connectivity index is 1.14. The lowest BCUT2D eigenvalue weighted by atomic mass is 9.92. The predicted octanol–water partition coefficient (Wildman–Crippen LogP) is 3.25. The molecular weight excluding hydrogens is 455 g/mol. The Morgan fingerprint density at radius 3 is 2.42 bits per heavy atom. The number of piperazine rings is 1. The summed E-state index contributed by atoms with van der Waals surface area (Å²) in [7, 11) is -3.04. The van der Waals surface area contributed by atoms with Gasteiger partial charge < -0.3 is 9.80 Å². The second kappa shape index (κ2) is 10.1. The van der Waals surface area contributed by atoms with Gasteiger partial charge in [-0.2, -0.15) is 4.31 Å². The van der Waals surface area contributed by atoms with Gasteiger partial charge in [0.05, 0.1) is 16.3 Å². The van der Waals surface area contributed by atoms with E-state index in [1.54, 1.807) is 4.31 Å². The summed E-state index contributed by atoms with van der Waals surface area (Å²) in [5.74, 6) is 0.740. The third-order valence-electron chi connectivity index (χ3n) is 7.07. The highest BCUT2D eigenvalue weighted by molar-refractivity contribution is 7.88. The van der Waals surface area contributed by atoms with E-state index in [4.69, 9.17) is 23.2 Å². The Morgan fingerprint density at radius 2 is 1.74 bits per heavy atom. The molecule has 3 saturated heterocycles. The zero-order valence-corrected chi connectivity index (χ0v) is 20.7. The molecule has 3 aliphatic heterocycles. The van der Waals surface area contributed by atoms with Crippen molar-refractivity contribution in [1.29, 1.82) is 0 Å². The zero-order valence-electron chi connectivity index (χ0n) is 18.3. The molecule has 3 aliphatic rings. The SMILES string of the molecule is CS(=O)(=O)N1CCN(C2CN(CCCC3CCCN(c4ccc(Cl)c(Cl)c4)C3)C2)CC1. The Labute approximate surface area is 197 Å². The van der Waals surface area contributed by atoms with E-state index in [9.17, 15) is 8.42 Å². The molecular formula is C22H34Cl2N4O2S. The number of halogens is 2. The Morgan fingerprint density at radius 1 is 1.00 bits per heavy atom. The normalized spacial score (nSPS) is 25.0. The van der Waals surface area contributed by atoms with Gasteiger partial charge in [0, 0.05) is 64.1 Å². The Hall–Kier alpha value is -0.570. The summed E-state index contributed by atoms with van der Waals surface area (Å²) >= 11 is 12.3. The van der Waals surface area contributed by atoms with E-state index < -0.39 is 10.0 Å². The van der Waals surface area contributed by atoms with Crippen molar-refractivity contribution < 1.29 is 8.42 Å². The number of rotatable bonds is 7. The summed E-state index contributed by atoms with van der Waals surface area (Å²) in [6.45, 7) is 8.59. The summed E-state index contributed by atoms with van der Waals surface area (Å²) < 4.78 is 24.9. The van der Waals surface area contributed by atoms with Crippen LogP contribution in [0.4, 0.5) is 5.69 Å². The Bertz CT molecular complexity index is 855. The maximum atomic E-state index is 11.7. The highest BCUT2D eigenvalue weighted by atomic mass is 35.5. The zero-order chi connectivity index (χ0) is 22.0. The molecule has 4 rings (SSSR count). The smallest absolute Gasteiger partial charge is 0.211 e. The first-order valence-electron chi connectivity index (χ1n) is 11.4. The maximum absolute atomic E-state index is 11.7. The van der Waals surface area contributed by atoms with E-state index in [1.807, 2.05) is 12.1 Å². The first-order chi connectivity index (χ1) is 14.8. The van der Waals surface area contributed by atoms with Crippen molar-refractivity contribution in [2.24, 2.45) is 5.92 Å². The lowest BCUT2D eigenvalue weighted by Crippen LogP contribution is -2.63. The molecule has 1 aromatic rings. The molecule has 0 N–H and O–H groups in total. The fourth-order valence-corrected chi connectivity index (χ4v) is 6.30. The van der Waals surface area contributed by atoms with Crippen LogP contribution in [0, 0.1) is 5.92 Å². The van der Waals surface area contributed by atoms with Crippen LogP contribution in [0.25, 0.3) is 0 Å². The average Bonchev–Trinajstić information content (AvgIpc) is 2.71. The Kier molecular flexibility index (Phi) is 7.72. The van der Waals surface area contributed by atoms with E-state index in [2.05, 4.69) is 20.8 Å². The molecule has 0 aromatic heterocycles. The number of benzene rings is 1. The van der Waals surface area contributed by atoms with Crippen LogP contribution < -0.4 is 4.90 Å². The first-order valence-corrected chi connectivity index (χ1v) is 14.0. The molecule has 174 valence electrons. The third kappa shape index (κ3) is 6.06. The van der Waals surface area contributed by atoms with Crippen LogP contribution in [-0.2, 0) is 10.0 Å². The fraction of sp³-hybridized carbons (Fsp3) is 0.727. The molecule has 1 aromatic carbocycles. The van der Waals surface area contributed by atoms with E-state index in [0.717, 1.165) is 45.2 Å². The largest absolute Gasteiger partial charge is 0.371 e. The van der Waals surface area contributed by atoms with Gasteiger partial charge in [-0.15, -0.1) is 0 Å². The molecule has 31 heavy (non-hydrogen) atoms. The van der Waals surface area contributed by atoms with E-state index in [-0.39, 0.29) is 0 Å². The monoisotopic (exact) mass is 488 g/mol. The molecule has 1 atom stereocenters. The van der Waals surface area contributed by atoms with Gasteiger partial charge in [-0.1, -0.05) is 23.2 Å². The highest BCUT2D eigenvalue weighted by Gasteiger charge is 2.34. The molecule has 0 amide bonds. The number of nitrogens with zero attached hydrogens (tertiary/aromatic N) is 4. The van der Waals surface area contributed by atoms with Crippen molar-refractivity contribution in [1.82, 2.24) is 14.1 Å². The van der Waals surface area contributed by atoms with E-state index in [0.29, 0.717) is 29.2 Å². The molecule has 0 radical (unpaired) electrons. The van der Waals surface area contributed by atoms with Gasteiger partial charge in [-0.3, -0.25) is 4.90 Å². The van der Waals surface area contributed by atoms with Gasteiger partial charge in [0.1, 0.15) is 0 Å². The molecule has 0 saturated carbocycles. The third-order valence-corrected chi connectivity index (χ3v) is 9.11. The van der Waals surface area contributed by atoms with Crippen molar-refractivity contribution >= 4 is 38.9 Å². The second-order valence-electron chi connectivity index (χ2n) is 9.31. The van der Waals surface area contributed by atoms with Gasteiger partial charge >= 0.3 is 0 Å². The molecule has 6 nitrogen and oxygen atoms in total. The number of hydrogen-bond acceptors (Lipinski definition) is 5. The molecule has 1 unspecified atom stereocenters. The summed E-state index contributed by atoms with van der Waals surface area (Å²) in [6, 6.07) is 6.56. The summed E-state index contributed by atoms with van der Waals surface area (Å²) in [6.07, 6.45) is 6.37. The van der Waals surface area contributed by atoms with E-state index >= 15 is 0 Å². The topological polar surface area (TPSA) is 47.1 Å². The highest BCUT2D eigenvalue weighted by Crippen LogP contribution is 2.31. The van der Waals surface area contributed by atoms with Crippen LogP contribution >= 0.6 is 23.2 Å². The first kappa shape index (κ1) is 23.6. The number of hydrogen-bond donors (Lipinski definition) is 0. The van der Waals surface area contributed by atoms with Crippen molar-refractivity contribution in [2.45, 2.75) is 31.7 Å². The van der Waals surface area contributed by atoms with Crippen LogP contribution in [-0.4, -0.2) is 93.7 Å². The van der Waals surface area contributed by atoms with Gasteiger partial charge in [0.25, 0.3) is 0 Å². The molecule has 3 heterocycles. The molecule has 0 aliphatic carbocycles. The van der Waals surface area contributed by atoms with Crippen LogP contribution in [0.5, 0.6) is 0 Å². The quantitative estimate of drug-likeness (QED) is 0.589. The summed E-state index contributed by atoms with van der Waals surface area (Å²) in [5, 5.41) is 1.25. The van der Waals surface area contributed by atoms with Crippen LogP contribution in [0.2, 0.25) is 10.0 Å². The van der Waals surface area contributed by atoms with Gasteiger partial charge in [0.2, 0.25) is 10.0 Å².